The van der Waals surface area contributed by atoms with Crippen LogP contribution in [-0.2, 0) is 0 Å². The average molecular weight is 276 g/mol. The molecule has 1 aromatic heterocycles. The van der Waals surface area contributed by atoms with Gasteiger partial charge in [0.05, 0.1) is 11.2 Å². The lowest BCUT2D eigenvalue weighted by Gasteiger charge is -2.10. The van der Waals surface area contributed by atoms with Crippen LogP contribution in [0.4, 0.5) is 5.69 Å². The highest BCUT2D eigenvalue weighted by atomic mass is 16.1. The van der Waals surface area contributed by atoms with Crippen molar-refractivity contribution in [3.05, 3.63) is 71.4 Å². The topological polar surface area (TPSA) is 42.0 Å². The monoisotopic (exact) mass is 276 g/mol. The summed E-state index contributed by atoms with van der Waals surface area (Å²) in [5.41, 5.74) is 4.35. The van der Waals surface area contributed by atoms with Crippen molar-refractivity contribution in [2.45, 2.75) is 13.8 Å². The van der Waals surface area contributed by atoms with Crippen LogP contribution in [0, 0.1) is 13.8 Å². The quantitative estimate of drug-likeness (QED) is 0.765. The van der Waals surface area contributed by atoms with E-state index in [1.165, 1.54) is 0 Å². The third-order valence-corrected chi connectivity index (χ3v) is 3.51. The molecule has 0 radical (unpaired) electrons. The highest BCUT2D eigenvalue weighted by molar-refractivity contribution is 6.09. The number of hydrogen-bond donors (Lipinski definition) is 1. The van der Waals surface area contributed by atoms with Gasteiger partial charge in [0, 0.05) is 17.1 Å². The van der Waals surface area contributed by atoms with Gasteiger partial charge in [-0.1, -0.05) is 35.9 Å². The Morgan fingerprint density at radius 3 is 2.67 bits per heavy atom. The molecule has 1 heterocycles. The van der Waals surface area contributed by atoms with Crippen molar-refractivity contribution in [1.29, 1.82) is 0 Å². The molecule has 0 fully saturated rings. The highest BCUT2D eigenvalue weighted by Crippen LogP contribution is 2.22. The zero-order chi connectivity index (χ0) is 14.8. The fourth-order valence-electron chi connectivity index (χ4n) is 2.46. The number of anilines is 1. The minimum Gasteiger partial charge on any atom is -0.320 e. The molecule has 0 spiro atoms. The van der Waals surface area contributed by atoms with E-state index in [4.69, 9.17) is 0 Å². The first-order valence-electron chi connectivity index (χ1n) is 6.87. The van der Waals surface area contributed by atoms with E-state index in [0.717, 1.165) is 27.7 Å². The van der Waals surface area contributed by atoms with Gasteiger partial charge in [-0.25, -0.2) is 0 Å². The Kier molecular flexibility index (Phi) is 3.40. The van der Waals surface area contributed by atoms with Crippen LogP contribution in [0.3, 0.4) is 0 Å². The molecular formula is C18H16N2O. The molecule has 0 aliphatic heterocycles. The smallest absolute Gasteiger partial charge is 0.255 e. The molecule has 0 atom stereocenters. The number of pyridine rings is 1. The molecule has 3 heteroatoms. The summed E-state index contributed by atoms with van der Waals surface area (Å²) in [4.78, 5) is 16.8. The maximum atomic E-state index is 12.5. The first kappa shape index (κ1) is 13.3. The van der Waals surface area contributed by atoms with Gasteiger partial charge in [-0.05, 0) is 37.6 Å². The SMILES string of the molecule is Cc1ccc(C(=O)Nc2cccc3cccnc23)c(C)c1. The number of hydrogen-bond acceptors (Lipinski definition) is 2. The van der Waals surface area contributed by atoms with E-state index in [-0.39, 0.29) is 5.91 Å². The van der Waals surface area contributed by atoms with Crippen LogP contribution in [0.15, 0.2) is 54.7 Å². The summed E-state index contributed by atoms with van der Waals surface area (Å²) < 4.78 is 0. The van der Waals surface area contributed by atoms with Gasteiger partial charge in [0.25, 0.3) is 5.91 Å². The zero-order valence-electron chi connectivity index (χ0n) is 12.1. The van der Waals surface area contributed by atoms with Crippen molar-refractivity contribution >= 4 is 22.5 Å². The predicted molar refractivity (Wildman–Crippen MR) is 85.6 cm³/mol. The van der Waals surface area contributed by atoms with Gasteiger partial charge in [0.15, 0.2) is 0 Å². The third kappa shape index (κ3) is 2.63. The van der Waals surface area contributed by atoms with Gasteiger partial charge >= 0.3 is 0 Å². The predicted octanol–water partition coefficient (Wildman–Crippen LogP) is 4.10. The summed E-state index contributed by atoms with van der Waals surface area (Å²) in [7, 11) is 0. The summed E-state index contributed by atoms with van der Waals surface area (Å²) in [6.45, 7) is 3.96. The van der Waals surface area contributed by atoms with Crippen molar-refractivity contribution < 1.29 is 4.79 Å². The van der Waals surface area contributed by atoms with Gasteiger partial charge in [0.1, 0.15) is 0 Å². The number of carbonyl (C=O) groups excluding carboxylic acids is 1. The summed E-state index contributed by atoms with van der Waals surface area (Å²) in [5, 5.41) is 3.97. The van der Waals surface area contributed by atoms with Crippen molar-refractivity contribution in [1.82, 2.24) is 4.98 Å². The number of fused-ring (bicyclic) bond motifs is 1. The van der Waals surface area contributed by atoms with Gasteiger partial charge in [-0.3, -0.25) is 9.78 Å². The molecule has 0 unspecified atom stereocenters. The fourth-order valence-corrected chi connectivity index (χ4v) is 2.46. The Bertz CT molecular complexity index is 819. The van der Waals surface area contributed by atoms with Crippen LogP contribution in [0.25, 0.3) is 10.9 Å². The number of carbonyl (C=O) groups is 1. The number of nitrogens with one attached hydrogen (secondary N) is 1. The zero-order valence-corrected chi connectivity index (χ0v) is 12.1. The molecule has 1 N–H and O–H groups in total. The van der Waals surface area contributed by atoms with Crippen molar-refractivity contribution in [2.75, 3.05) is 5.32 Å². The third-order valence-electron chi connectivity index (χ3n) is 3.51. The molecule has 1 amide bonds. The van der Waals surface area contributed by atoms with Crippen LogP contribution in [-0.4, -0.2) is 10.9 Å². The number of amides is 1. The molecule has 0 aliphatic rings. The van der Waals surface area contributed by atoms with Crippen molar-refractivity contribution in [2.24, 2.45) is 0 Å². The molecule has 0 aliphatic carbocycles. The molecular weight excluding hydrogens is 260 g/mol. The summed E-state index contributed by atoms with van der Waals surface area (Å²) in [6, 6.07) is 15.5. The van der Waals surface area contributed by atoms with Crippen LogP contribution in [0.1, 0.15) is 21.5 Å². The molecule has 0 saturated carbocycles. The van der Waals surface area contributed by atoms with E-state index in [2.05, 4.69) is 10.3 Å². The van der Waals surface area contributed by atoms with Crippen molar-refractivity contribution in [3.8, 4) is 0 Å². The lowest BCUT2D eigenvalue weighted by Crippen LogP contribution is -2.13. The summed E-state index contributed by atoms with van der Waals surface area (Å²) >= 11 is 0. The second kappa shape index (κ2) is 5.37. The molecule has 21 heavy (non-hydrogen) atoms. The van der Waals surface area contributed by atoms with E-state index in [9.17, 15) is 4.79 Å². The van der Waals surface area contributed by atoms with E-state index < -0.39 is 0 Å². The van der Waals surface area contributed by atoms with Gasteiger partial charge in [-0.15, -0.1) is 0 Å². The molecule has 3 nitrogen and oxygen atoms in total. The summed E-state index contributed by atoms with van der Waals surface area (Å²) in [6.07, 6.45) is 1.73. The molecule has 0 saturated heterocycles. The van der Waals surface area contributed by atoms with Crippen LogP contribution in [0.2, 0.25) is 0 Å². The maximum absolute atomic E-state index is 12.5. The Hall–Kier alpha value is -2.68. The van der Waals surface area contributed by atoms with Crippen LogP contribution >= 0.6 is 0 Å². The normalized spacial score (nSPS) is 10.6. The number of benzene rings is 2. The first-order valence-corrected chi connectivity index (χ1v) is 6.87. The van der Waals surface area contributed by atoms with Gasteiger partial charge in [0.2, 0.25) is 0 Å². The van der Waals surface area contributed by atoms with Crippen LogP contribution < -0.4 is 5.32 Å². The van der Waals surface area contributed by atoms with E-state index in [1.54, 1.807) is 6.20 Å². The van der Waals surface area contributed by atoms with E-state index >= 15 is 0 Å². The average Bonchev–Trinajstić information content (AvgIpc) is 2.47. The lowest BCUT2D eigenvalue weighted by molar-refractivity contribution is 0.102. The number of aryl methyl sites for hydroxylation is 2. The molecule has 0 bridgehead atoms. The van der Waals surface area contributed by atoms with E-state index in [0.29, 0.717) is 5.56 Å². The summed E-state index contributed by atoms with van der Waals surface area (Å²) in [5.74, 6) is -0.106. The highest BCUT2D eigenvalue weighted by Gasteiger charge is 2.11. The number of aromatic nitrogens is 1. The largest absolute Gasteiger partial charge is 0.320 e. The molecule has 3 aromatic rings. The molecule has 3 rings (SSSR count). The number of para-hydroxylation sites is 1. The Labute approximate surface area is 123 Å². The van der Waals surface area contributed by atoms with E-state index in [1.807, 2.05) is 62.4 Å². The first-order chi connectivity index (χ1) is 10.1. The van der Waals surface area contributed by atoms with Crippen molar-refractivity contribution in [3.63, 3.8) is 0 Å². The number of rotatable bonds is 2. The molecule has 104 valence electrons. The Morgan fingerprint density at radius 2 is 1.86 bits per heavy atom. The molecule has 2 aromatic carbocycles. The Morgan fingerprint density at radius 1 is 1.05 bits per heavy atom. The second-order valence-electron chi connectivity index (χ2n) is 5.15. The second-order valence-corrected chi connectivity index (χ2v) is 5.15. The Balaban J connectivity index is 1.97. The fraction of sp³-hybridized carbons (Fsp3) is 0.111. The van der Waals surface area contributed by atoms with Gasteiger partial charge < -0.3 is 5.32 Å². The minimum atomic E-state index is -0.106. The van der Waals surface area contributed by atoms with Crippen LogP contribution in [0.5, 0.6) is 0 Å². The standard InChI is InChI=1S/C18H16N2O/c1-12-8-9-15(13(2)11-12)18(21)20-16-7-3-5-14-6-4-10-19-17(14)16/h3-11H,1-2H3,(H,20,21). The number of nitrogens with zero attached hydrogens (tertiary/aromatic N) is 1. The lowest BCUT2D eigenvalue weighted by atomic mass is 10.0. The maximum Gasteiger partial charge on any atom is 0.255 e. The minimum absolute atomic E-state index is 0.106. The van der Waals surface area contributed by atoms with Gasteiger partial charge in [-0.2, -0.15) is 0 Å².